The Morgan fingerprint density at radius 3 is 1.67 bits per heavy atom. The first-order chi connectivity index (χ1) is 29.7. The number of anilines is 3. The molecule has 11 aromatic carbocycles. The average Bonchev–Trinajstić information content (AvgIpc) is 3.70. The molecule has 0 fully saturated rings. The quantitative estimate of drug-likeness (QED) is 0.152. The lowest BCUT2D eigenvalue weighted by Gasteiger charge is -2.28. The predicted octanol–water partition coefficient (Wildman–Crippen LogP) is 17.1. The van der Waals surface area contributed by atoms with E-state index in [-0.39, 0.29) is 0 Å². The summed E-state index contributed by atoms with van der Waals surface area (Å²) in [5.74, 6) is 0. The third kappa shape index (κ3) is 5.76. The van der Waals surface area contributed by atoms with Crippen molar-refractivity contribution >= 4 is 91.7 Å². The smallest absolute Gasteiger partial charge is 0.0540 e. The molecule has 0 aliphatic rings. The standard InChI is InChI=1S/C58H37NS/c1-2-13-43-35-44(26-21-38(43)11-1)39-27-30-46(31-28-39)59(47-32-34-53-54-33-29-40-12-3-6-17-50(40)58(54)60-57(53)37-47)56-20-10-9-16-49(56)41-22-24-42(25-23-41)55-36-45-14-4-5-15-48(45)51-18-7-8-19-52(51)55/h1-37H. The summed E-state index contributed by atoms with van der Waals surface area (Å²) in [5.41, 5.74) is 10.6. The van der Waals surface area contributed by atoms with Gasteiger partial charge in [-0.2, -0.15) is 0 Å². The van der Waals surface area contributed by atoms with E-state index in [2.05, 4.69) is 229 Å². The maximum atomic E-state index is 2.44. The van der Waals surface area contributed by atoms with E-state index in [1.165, 1.54) is 96.6 Å². The summed E-state index contributed by atoms with van der Waals surface area (Å²) in [6, 6.07) is 82.5. The molecule has 2 heteroatoms. The summed E-state index contributed by atoms with van der Waals surface area (Å²) >= 11 is 1.89. The number of benzene rings is 11. The highest BCUT2D eigenvalue weighted by atomic mass is 32.1. The van der Waals surface area contributed by atoms with Crippen LogP contribution in [0.25, 0.3) is 96.6 Å². The molecule has 1 aromatic heterocycles. The van der Waals surface area contributed by atoms with E-state index in [1.54, 1.807) is 0 Å². The summed E-state index contributed by atoms with van der Waals surface area (Å²) < 4.78 is 2.62. The van der Waals surface area contributed by atoms with Crippen LogP contribution in [-0.2, 0) is 0 Å². The van der Waals surface area contributed by atoms with Crippen LogP contribution < -0.4 is 4.90 Å². The van der Waals surface area contributed by atoms with Gasteiger partial charge >= 0.3 is 0 Å². The Balaban J connectivity index is 0.996. The van der Waals surface area contributed by atoms with Crippen LogP contribution in [0.15, 0.2) is 224 Å². The van der Waals surface area contributed by atoms with Crippen molar-refractivity contribution in [3.05, 3.63) is 224 Å². The van der Waals surface area contributed by atoms with Crippen molar-refractivity contribution in [1.82, 2.24) is 0 Å². The maximum Gasteiger partial charge on any atom is 0.0540 e. The van der Waals surface area contributed by atoms with Gasteiger partial charge in [-0.15, -0.1) is 11.3 Å². The number of hydrogen-bond donors (Lipinski definition) is 0. The van der Waals surface area contributed by atoms with Gasteiger partial charge in [0.05, 0.1) is 5.69 Å². The average molecular weight is 780 g/mol. The van der Waals surface area contributed by atoms with Gasteiger partial charge in [-0.05, 0) is 113 Å². The second-order valence-corrected chi connectivity index (χ2v) is 16.7. The van der Waals surface area contributed by atoms with Crippen LogP contribution in [0.3, 0.4) is 0 Å². The highest BCUT2D eigenvalue weighted by Gasteiger charge is 2.20. The Kier molecular flexibility index (Phi) is 8.11. The van der Waals surface area contributed by atoms with Gasteiger partial charge in [-0.3, -0.25) is 0 Å². The molecule has 0 saturated carbocycles. The molecular formula is C58H37NS. The van der Waals surface area contributed by atoms with E-state index in [4.69, 9.17) is 0 Å². The summed E-state index contributed by atoms with van der Waals surface area (Å²) in [6.45, 7) is 0. The Morgan fingerprint density at radius 2 is 0.850 bits per heavy atom. The Bertz CT molecular complexity index is 3600. The minimum Gasteiger partial charge on any atom is -0.310 e. The molecule has 0 saturated heterocycles. The van der Waals surface area contributed by atoms with Gasteiger partial charge < -0.3 is 4.90 Å². The Hall–Kier alpha value is -7.52. The normalized spacial score (nSPS) is 11.7. The zero-order valence-electron chi connectivity index (χ0n) is 32.7. The van der Waals surface area contributed by atoms with Crippen LogP contribution in [-0.4, -0.2) is 0 Å². The van der Waals surface area contributed by atoms with Gasteiger partial charge in [-0.25, -0.2) is 0 Å². The zero-order chi connectivity index (χ0) is 39.6. The first-order valence-electron chi connectivity index (χ1n) is 20.6. The third-order valence-electron chi connectivity index (χ3n) is 12.2. The van der Waals surface area contributed by atoms with Crippen molar-refractivity contribution in [3.63, 3.8) is 0 Å². The molecule has 1 heterocycles. The fourth-order valence-corrected chi connectivity index (χ4v) is 10.5. The van der Waals surface area contributed by atoms with Gasteiger partial charge in [0.25, 0.3) is 0 Å². The van der Waals surface area contributed by atoms with Gasteiger partial charge in [0, 0.05) is 37.1 Å². The molecule has 0 radical (unpaired) electrons. The van der Waals surface area contributed by atoms with E-state index in [0.717, 1.165) is 17.1 Å². The van der Waals surface area contributed by atoms with E-state index in [9.17, 15) is 0 Å². The molecule has 0 amide bonds. The number of hydrogen-bond acceptors (Lipinski definition) is 2. The van der Waals surface area contributed by atoms with Gasteiger partial charge in [-0.1, -0.05) is 182 Å². The maximum absolute atomic E-state index is 2.44. The Morgan fingerprint density at radius 1 is 0.283 bits per heavy atom. The topological polar surface area (TPSA) is 3.24 Å². The predicted molar refractivity (Wildman–Crippen MR) is 260 cm³/mol. The number of nitrogens with zero attached hydrogens (tertiary/aromatic N) is 1. The molecule has 1 nitrogen and oxygen atoms in total. The van der Waals surface area contributed by atoms with E-state index in [1.807, 2.05) is 11.3 Å². The molecule has 60 heavy (non-hydrogen) atoms. The molecule has 0 bridgehead atoms. The van der Waals surface area contributed by atoms with Crippen molar-refractivity contribution in [2.45, 2.75) is 0 Å². The summed E-state index contributed by atoms with van der Waals surface area (Å²) in [5, 5.41) is 12.8. The van der Waals surface area contributed by atoms with Crippen LogP contribution >= 0.6 is 11.3 Å². The molecular weight excluding hydrogens is 743 g/mol. The molecule has 0 spiro atoms. The minimum absolute atomic E-state index is 1.11. The molecule has 0 aliphatic heterocycles. The van der Waals surface area contributed by atoms with E-state index < -0.39 is 0 Å². The first kappa shape index (κ1) is 34.5. The van der Waals surface area contributed by atoms with Crippen LogP contribution in [0.2, 0.25) is 0 Å². The molecule has 0 N–H and O–H groups in total. The first-order valence-corrected chi connectivity index (χ1v) is 21.4. The molecule has 12 aromatic rings. The SMILES string of the molecule is c1ccc(N(c2ccc(-c3ccc4ccccc4c3)cc2)c2ccc3c(c2)sc2c4ccccc4ccc32)c(-c2ccc(-c3cc4ccccc4c4ccccc34)cc2)c1. The lowest BCUT2D eigenvalue weighted by Crippen LogP contribution is -2.11. The van der Waals surface area contributed by atoms with E-state index in [0.29, 0.717) is 0 Å². The van der Waals surface area contributed by atoms with Crippen molar-refractivity contribution in [2.24, 2.45) is 0 Å². The molecule has 280 valence electrons. The monoisotopic (exact) mass is 779 g/mol. The lowest BCUT2D eigenvalue weighted by molar-refractivity contribution is 1.29. The van der Waals surface area contributed by atoms with Crippen molar-refractivity contribution in [1.29, 1.82) is 0 Å². The van der Waals surface area contributed by atoms with E-state index >= 15 is 0 Å². The van der Waals surface area contributed by atoms with Crippen LogP contribution in [0.4, 0.5) is 17.1 Å². The highest BCUT2D eigenvalue weighted by Crippen LogP contribution is 2.46. The molecule has 0 atom stereocenters. The third-order valence-corrected chi connectivity index (χ3v) is 13.4. The van der Waals surface area contributed by atoms with Crippen LogP contribution in [0.1, 0.15) is 0 Å². The number of para-hydroxylation sites is 1. The second-order valence-electron chi connectivity index (χ2n) is 15.7. The number of rotatable bonds is 6. The summed E-state index contributed by atoms with van der Waals surface area (Å²) in [7, 11) is 0. The van der Waals surface area contributed by atoms with Crippen molar-refractivity contribution < 1.29 is 0 Å². The lowest BCUT2D eigenvalue weighted by atomic mass is 9.92. The van der Waals surface area contributed by atoms with Gasteiger partial charge in [0.2, 0.25) is 0 Å². The second kappa shape index (κ2) is 14.1. The highest BCUT2D eigenvalue weighted by molar-refractivity contribution is 7.26. The van der Waals surface area contributed by atoms with Crippen molar-refractivity contribution in [2.75, 3.05) is 4.90 Å². The number of fused-ring (bicyclic) bond motifs is 9. The molecule has 0 unspecified atom stereocenters. The van der Waals surface area contributed by atoms with Gasteiger partial charge in [0.1, 0.15) is 0 Å². The minimum atomic E-state index is 1.11. The molecule has 0 aliphatic carbocycles. The van der Waals surface area contributed by atoms with Crippen LogP contribution in [0.5, 0.6) is 0 Å². The summed E-state index contributed by atoms with van der Waals surface area (Å²) in [4.78, 5) is 2.44. The van der Waals surface area contributed by atoms with Crippen molar-refractivity contribution in [3.8, 4) is 33.4 Å². The Labute approximate surface area is 352 Å². The fourth-order valence-electron chi connectivity index (χ4n) is 9.27. The molecule has 12 rings (SSSR count). The largest absolute Gasteiger partial charge is 0.310 e. The zero-order valence-corrected chi connectivity index (χ0v) is 33.5. The number of thiophene rings is 1. The van der Waals surface area contributed by atoms with Crippen LogP contribution in [0, 0.1) is 0 Å². The fraction of sp³-hybridized carbons (Fsp3) is 0. The summed E-state index contributed by atoms with van der Waals surface area (Å²) in [6.07, 6.45) is 0. The van der Waals surface area contributed by atoms with Gasteiger partial charge in [0.15, 0.2) is 0 Å².